The Morgan fingerprint density at radius 2 is 1.60 bits per heavy atom. The Bertz CT molecular complexity index is 1330. The van der Waals surface area contributed by atoms with Crippen molar-refractivity contribution in [1.29, 1.82) is 0 Å². The maximum atomic E-state index is 11.8. The zero-order valence-electron chi connectivity index (χ0n) is 24.6. The largest absolute Gasteiger partial charge is 0.493 e. The highest BCUT2D eigenvalue weighted by Gasteiger charge is 2.34. The molecule has 3 aromatic rings. The standard InChI is InChI=1S/C33H41N3O6/c1-4-34-33(38)35-18-22-5-11-25(12-6-22)32-41-28(17-29(42-32)24-9-7-23(21-37)8-10-24)20-36-14-13-26-15-30(39-2)31(40-3)16-27(26)19-36/h5-12,15-16,28-29,32,37H,4,13-14,17-21H2,1-3H3,(H2,34,35,38). The lowest BCUT2D eigenvalue weighted by Gasteiger charge is -2.39. The van der Waals surface area contributed by atoms with Crippen molar-refractivity contribution in [2.24, 2.45) is 0 Å². The molecular weight excluding hydrogens is 534 g/mol. The summed E-state index contributed by atoms with van der Waals surface area (Å²) in [6, 6.07) is 19.9. The summed E-state index contributed by atoms with van der Waals surface area (Å²) in [5.41, 5.74) is 6.39. The summed E-state index contributed by atoms with van der Waals surface area (Å²) >= 11 is 0. The Balaban J connectivity index is 1.31. The third-order valence-electron chi connectivity index (χ3n) is 7.92. The van der Waals surface area contributed by atoms with Gasteiger partial charge in [0.05, 0.1) is 33.0 Å². The number of carbonyl (C=O) groups excluding carboxylic acids is 1. The molecule has 42 heavy (non-hydrogen) atoms. The second-order valence-corrected chi connectivity index (χ2v) is 10.8. The molecule has 0 aliphatic carbocycles. The van der Waals surface area contributed by atoms with E-state index in [1.165, 1.54) is 11.1 Å². The number of hydrogen-bond donors (Lipinski definition) is 3. The van der Waals surface area contributed by atoms with Crippen LogP contribution in [0.4, 0.5) is 4.79 Å². The molecule has 0 bridgehead atoms. The number of nitrogens with zero attached hydrogens (tertiary/aromatic N) is 1. The molecule has 2 aliphatic heterocycles. The molecule has 1 saturated heterocycles. The second kappa shape index (κ2) is 14.0. The Morgan fingerprint density at radius 3 is 2.26 bits per heavy atom. The van der Waals surface area contributed by atoms with Gasteiger partial charge in [-0.2, -0.15) is 0 Å². The van der Waals surface area contributed by atoms with E-state index in [0.717, 1.165) is 66.2 Å². The highest BCUT2D eigenvalue weighted by Crippen LogP contribution is 2.39. The predicted octanol–water partition coefficient (Wildman–Crippen LogP) is 4.62. The number of ether oxygens (including phenoxy) is 4. The van der Waals surface area contributed by atoms with E-state index in [4.69, 9.17) is 18.9 Å². The van der Waals surface area contributed by atoms with Crippen molar-refractivity contribution in [2.75, 3.05) is 33.9 Å². The van der Waals surface area contributed by atoms with Crippen molar-refractivity contribution in [3.05, 3.63) is 94.0 Å². The van der Waals surface area contributed by atoms with Gasteiger partial charge in [0, 0.05) is 44.7 Å². The number of fused-ring (bicyclic) bond motifs is 1. The molecule has 2 amide bonds. The molecule has 224 valence electrons. The summed E-state index contributed by atoms with van der Waals surface area (Å²) in [6.45, 7) is 5.43. The molecule has 2 aliphatic rings. The van der Waals surface area contributed by atoms with Gasteiger partial charge in [0.15, 0.2) is 17.8 Å². The van der Waals surface area contributed by atoms with Crippen LogP contribution >= 0.6 is 0 Å². The zero-order valence-corrected chi connectivity index (χ0v) is 24.6. The number of nitrogens with one attached hydrogen (secondary N) is 2. The van der Waals surface area contributed by atoms with Gasteiger partial charge in [0.1, 0.15) is 0 Å². The van der Waals surface area contributed by atoms with E-state index in [1.807, 2.05) is 55.5 Å². The zero-order chi connectivity index (χ0) is 29.5. The van der Waals surface area contributed by atoms with Gasteiger partial charge in [0.25, 0.3) is 0 Å². The van der Waals surface area contributed by atoms with Crippen LogP contribution in [0.15, 0.2) is 60.7 Å². The fourth-order valence-corrected chi connectivity index (χ4v) is 5.62. The van der Waals surface area contributed by atoms with Gasteiger partial charge >= 0.3 is 6.03 Å². The van der Waals surface area contributed by atoms with Gasteiger partial charge in [0.2, 0.25) is 0 Å². The highest BCUT2D eigenvalue weighted by atomic mass is 16.7. The molecule has 0 radical (unpaired) electrons. The number of carbonyl (C=O) groups is 1. The fraction of sp³-hybridized carbons (Fsp3) is 0.424. The van der Waals surface area contributed by atoms with Crippen LogP contribution in [-0.4, -0.2) is 56.0 Å². The normalized spacial score (nSPS) is 20.4. The Hall–Kier alpha value is -3.63. The summed E-state index contributed by atoms with van der Waals surface area (Å²) in [5, 5.41) is 15.1. The van der Waals surface area contributed by atoms with Gasteiger partial charge < -0.3 is 34.7 Å². The van der Waals surface area contributed by atoms with Gasteiger partial charge in [-0.3, -0.25) is 4.90 Å². The summed E-state index contributed by atoms with van der Waals surface area (Å²) in [7, 11) is 3.34. The van der Waals surface area contributed by atoms with E-state index < -0.39 is 6.29 Å². The van der Waals surface area contributed by atoms with Crippen molar-refractivity contribution in [1.82, 2.24) is 15.5 Å². The Kier molecular flexibility index (Phi) is 9.97. The predicted molar refractivity (Wildman–Crippen MR) is 159 cm³/mol. The van der Waals surface area contributed by atoms with E-state index in [2.05, 4.69) is 27.7 Å². The number of aliphatic hydroxyl groups is 1. The number of benzene rings is 3. The van der Waals surface area contributed by atoms with E-state index >= 15 is 0 Å². The van der Waals surface area contributed by atoms with Crippen LogP contribution in [0.1, 0.15) is 59.1 Å². The summed E-state index contributed by atoms with van der Waals surface area (Å²) in [5.74, 6) is 1.51. The average molecular weight is 576 g/mol. The smallest absolute Gasteiger partial charge is 0.315 e. The third-order valence-corrected chi connectivity index (χ3v) is 7.92. The maximum Gasteiger partial charge on any atom is 0.315 e. The average Bonchev–Trinajstić information content (AvgIpc) is 3.03. The van der Waals surface area contributed by atoms with Crippen molar-refractivity contribution in [3.8, 4) is 11.5 Å². The van der Waals surface area contributed by atoms with Crippen LogP contribution < -0.4 is 20.1 Å². The minimum Gasteiger partial charge on any atom is -0.493 e. The number of aliphatic hydroxyl groups excluding tert-OH is 1. The molecule has 0 saturated carbocycles. The van der Waals surface area contributed by atoms with Crippen LogP contribution in [0.25, 0.3) is 0 Å². The van der Waals surface area contributed by atoms with Crippen LogP contribution in [0.2, 0.25) is 0 Å². The van der Waals surface area contributed by atoms with Gasteiger partial charge in [-0.05, 0) is 53.3 Å². The number of rotatable bonds is 10. The fourth-order valence-electron chi connectivity index (χ4n) is 5.62. The van der Waals surface area contributed by atoms with Crippen LogP contribution in [0, 0.1) is 0 Å². The molecule has 3 N–H and O–H groups in total. The number of methoxy groups -OCH3 is 2. The maximum absolute atomic E-state index is 11.8. The molecule has 2 heterocycles. The Labute approximate surface area is 247 Å². The number of amides is 2. The van der Waals surface area contributed by atoms with E-state index in [-0.39, 0.29) is 24.8 Å². The van der Waals surface area contributed by atoms with Gasteiger partial charge in [-0.1, -0.05) is 48.5 Å². The first kappa shape index (κ1) is 29.8. The van der Waals surface area contributed by atoms with Crippen molar-refractivity contribution in [2.45, 2.75) is 58.0 Å². The first-order valence-corrected chi connectivity index (χ1v) is 14.6. The number of urea groups is 1. The highest BCUT2D eigenvalue weighted by molar-refractivity contribution is 5.73. The minimum atomic E-state index is -0.530. The van der Waals surface area contributed by atoms with Crippen LogP contribution in [0.5, 0.6) is 11.5 Å². The molecule has 0 aromatic heterocycles. The van der Waals surface area contributed by atoms with Crippen molar-refractivity contribution >= 4 is 6.03 Å². The lowest BCUT2D eigenvalue weighted by atomic mass is 9.97. The van der Waals surface area contributed by atoms with Crippen LogP contribution in [0.3, 0.4) is 0 Å². The van der Waals surface area contributed by atoms with E-state index in [9.17, 15) is 9.90 Å². The third kappa shape index (κ3) is 7.22. The Morgan fingerprint density at radius 1 is 0.929 bits per heavy atom. The summed E-state index contributed by atoms with van der Waals surface area (Å²) in [4.78, 5) is 14.2. The van der Waals surface area contributed by atoms with Crippen molar-refractivity contribution < 1.29 is 28.8 Å². The molecule has 3 unspecified atom stereocenters. The molecule has 1 fully saturated rings. The molecule has 9 heteroatoms. The van der Waals surface area contributed by atoms with Crippen LogP contribution in [-0.2, 0) is 35.6 Å². The molecule has 3 aromatic carbocycles. The van der Waals surface area contributed by atoms with Gasteiger partial charge in [-0.25, -0.2) is 4.79 Å². The topological polar surface area (TPSA) is 102 Å². The van der Waals surface area contributed by atoms with E-state index in [0.29, 0.717) is 13.1 Å². The minimum absolute atomic E-state index is 0.00850. The molecule has 0 spiro atoms. The molecule has 5 rings (SSSR count). The molecule has 3 atom stereocenters. The van der Waals surface area contributed by atoms with Crippen molar-refractivity contribution in [3.63, 3.8) is 0 Å². The summed E-state index contributed by atoms with van der Waals surface area (Å²) < 4.78 is 24.2. The molecular formula is C33H41N3O6. The lowest BCUT2D eigenvalue weighted by molar-refractivity contribution is -0.253. The lowest BCUT2D eigenvalue weighted by Crippen LogP contribution is -2.41. The quantitative estimate of drug-likeness (QED) is 0.324. The monoisotopic (exact) mass is 575 g/mol. The van der Waals surface area contributed by atoms with E-state index in [1.54, 1.807) is 14.2 Å². The molecule has 9 nitrogen and oxygen atoms in total. The second-order valence-electron chi connectivity index (χ2n) is 10.8. The SMILES string of the molecule is CCNC(=O)NCc1ccc(C2OC(CN3CCc4cc(OC)c(OC)cc4C3)CC(c3ccc(CO)cc3)O2)cc1. The first-order valence-electron chi connectivity index (χ1n) is 14.6. The first-order chi connectivity index (χ1) is 20.5. The number of hydrogen-bond acceptors (Lipinski definition) is 7. The van der Waals surface area contributed by atoms with Gasteiger partial charge in [-0.15, -0.1) is 0 Å². The summed E-state index contributed by atoms with van der Waals surface area (Å²) in [6.07, 6.45) is 0.922.